The number of hydrogen-bond acceptors (Lipinski definition) is 5. The van der Waals surface area contributed by atoms with Crippen LogP contribution >= 0.6 is 11.3 Å². The van der Waals surface area contributed by atoms with Gasteiger partial charge in [0.1, 0.15) is 5.70 Å². The molecule has 6 heteroatoms. The molecule has 118 valence electrons. The Labute approximate surface area is 134 Å². The summed E-state index contributed by atoms with van der Waals surface area (Å²) in [6.45, 7) is 7.15. The first kappa shape index (κ1) is 15.2. The Bertz CT molecular complexity index is 613. The lowest BCUT2D eigenvalue weighted by atomic mass is 10.1. The number of rotatable bonds is 3. The summed E-state index contributed by atoms with van der Waals surface area (Å²) in [6, 6.07) is 3.72. The predicted octanol–water partition coefficient (Wildman–Crippen LogP) is 1.48. The molecular formula is C16H21N3O2S. The number of piperazine rings is 1. The van der Waals surface area contributed by atoms with Crippen LogP contribution in [0.3, 0.4) is 0 Å². The van der Waals surface area contributed by atoms with E-state index in [4.69, 9.17) is 0 Å². The van der Waals surface area contributed by atoms with Crippen LogP contribution in [0.2, 0.25) is 0 Å². The Morgan fingerprint density at radius 3 is 2.32 bits per heavy atom. The van der Waals surface area contributed by atoms with Gasteiger partial charge in [0, 0.05) is 37.1 Å². The maximum atomic E-state index is 12.8. The van der Waals surface area contributed by atoms with Crippen LogP contribution in [0, 0.1) is 0 Å². The number of thiophene rings is 1. The number of imide groups is 1. The fourth-order valence-corrected chi connectivity index (χ4v) is 3.73. The molecule has 0 unspecified atom stereocenters. The molecule has 2 aliphatic rings. The maximum Gasteiger partial charge on any atom is 0.278 e. The molecule has 0 radical (unpaired) electrons. The standard InChI is InChI=1S/C16H21N3O2S/c1-11(2)19-15(20)13(12-5-4-10-22-12)14(16(19)21)18-8-6-17(3)7-9-18/h4-5,10-11H,6-9H2,1-3H3. The molecule has 0 aromatic carbocycles. The van der Waals surface area contributed by atoms with Crippen molar-refractivity contribution in [3.05, 3.63) is 28.1 Å². The minimum absolute atomic E-state index is 0.125. The fraction of sp³-hybridized carbons (Fsp3) is 0.500. The number of likely N-dealkylation sites (N-methyl/N-ethyl adjacent to an activating group) is 1. The van der Waals surface area contributed by atoms with E-state index in [2.05, 4.69) is 16.8 Å². The van der Waals surface area contributed by atoms with E-state index < -0.39 is 0 Å². The van der Waals surface area contributed by atoms with Gasteiger partial charge in [0.25, 0.3) is 11.8 Å². The van der Waals surface area contributed by atoms with Gasteiger partial charge < -0.3 is 9.80 Å². The van der Waals surface area contributed by atoms with Crippen LogP contribution in [0.1, 0.15) is 18.7 Å². The highest BCUT2D eigenvalue weighted by Gasteiger charge is 2.43. The third-order valence-corrected chi connectivity index (χ3v) is 5.08. The Kier molecular flexibility index (Phi) is 4.06. The van der Waals surface area contributed by atoms with Gasteiger partial charge in [-0.15, -0.1) is 11.3 Å². The third kappa shape index (κ3) is 2.46. The summed E-state index contributed by atoms with van der Waals surface area (Å²) in [7, 11) is 2.08. The third-order valence-electron chi connectivity index (χ3n) is 4.19. The Morgan fingerprint density at radius 1 is 1.09 bits per heavy atom. The van der Waals surface area contributed by atoms with Gasteiger partial charge in [0.15, 0.2) is 0 Å². The van der Waals surface area contributed by atoms with Gasteiger partial charge in [-0.05, 0) is 32.3 Å². The number of hydrogen-bond donors (Lipinski definition) is 0. The second kappa shape index (κ2) is 5.85. The van der Waals surface area contributed by atoms with Gasteiger partial charge >= 0.3 is 0 Å². The molecule has 22 heavy (non-hydrogen) atoms. The summed E-state index contributed by atoms with van der Waals surface area (Å²) < 4.78 is 0. The minimum atomic E-state index is -0.156. The summed E-state index contributed by atoms with van der Waals surface area (Å²) in [4.78, 5) is 32.2. The van der Waals surface area contributed by atoms with Crippen molar-refractivity contribution < 1.29 is 9.59 Å². The van der Waals surface area contributed by atoms with Crippen molar-refractivity contribution >= 4 is 28.7 Å². The second-order valence-electron chi connectivity index (χ2n) is 6.07. The molecule has 0 bridgehead atoms. The van der Waals surface area contributed by atoms with Crippen molar-refractivity contribution in [3.8, 4) is 0 Å². The second-order valence-corrected chi connectivity index (χ2v) is 7.01. The molecule has 0 atom stereocenters. The Balaban J connectivity index is 2.03. The fourth-order valence-electron chi connectivity index (χ4n) is 2.97. The highest BCUT2D eigenvalue weighted by atomic mass is 32.1. The van der Waals surface area contributed by atoms with E-state index in [-0.39, 0.29) is 17.9 Å². The van der Waals surface area contributed by atoms with Crippen molar-refractivity contribution in [1.82, 2.24) is 14.7 Å². The molecule has 5 nitrogen and oxygen atoms in total. The van der Waals surface area contributed by atoms with Crippen LogP contribution in [-0.4, -0.2) is 65.8 Å². The van der Waals surface area contributed by atoms with Crippen molar-refractivity contribution in [2.24, 2.45) is 0 Å². The molecule has 3 heterocycles. The lowest BCUT2D eigenvalue weighted by Gasteiger charge is -2.34. The van der Waals surface area contributed by atoms with E-state index in [9.17, 15) is 9.59 Å². The van der Waals surface area contributed by atoms with Crippen LogP contribution in [0.25, 0.3) is 5.57 Å². The van der Waals surface area contributed by atoms with Crippen LogP contribution < -0.4 is 0 Å². The molecule has 1 aromatic heterocycles. The molecule has 0 N–H and O–H groups in total. The Morgan fingerprint density at radius 2 is 1.77 bits per heavy atom. The first-order chi connectivity index (χ1) is 10.5. The zero-order chi connectivity index (χ0) is 15.9. The largest absolute Gasteiger partial charge is 0.364 e. The van der Waals surface area contributed by atoms with Crippen LogP contribution in [0.5, 0.6) is 0 Å². The highest BCUT2D eigenvalue weighted by molar-refractivity contribution is 7.11. The van der Waals surface area contributed by atoms with Gasteiger partial charge in [0.05, 0.1) is 5.57 Å². The van der Waals surface area contributed by atoms with E-state index >= 15 is 0 Å². The average molecular weight is 319 g/mol. The highest BCUT2D eigenvalue weighted by Crippen LogP contribution is 2.35. The van der Waals surface area contributed by atoms with Crippen LogP contribution in [-0.2, 0) is 9.59 Å². The quantitative estimate of drug-likeness (QED) is 0.792. The molecule has 1 fully saturated rings. The Hall–Kier alpha value is -1.66. The van der Waals surface area contributed by atoms with Gasteiger partial charge in [-0.1, -0.05) is 6.07 Å². The molecule has 2 aliphatic heterocycles. The van der Waals surface area contributed by atoms with E-state index in [0.717, 1.165) is 31.1 Å². The first-order valence-corrected chi connectivity index (χ1v) is 8.48. The van der Waals surface area contributed by atoms with Crippen LogP contribution in [0.15, 0.2) is 23.2 Å². The van der Waals surface area contributed by atoms with E-state index in [1.807, 2.05) is 31.4 Å². The smallest absolute Gasteiger partial charge is 0.278 e. The number of carbonyl (C=O) groups excluding carboxylic acids is 2. The van der Waals surface area contributed by atoms with Gasteiger partial charge in [-0.25, -0.2) is 0 Å². The summed E-state index contributed by atoms with van der Waals surface area (Å²) in [5, 5.41) is 1.94. The van der Waals surface area contributed by atoms with E-state index in [1.165, 1.54) is 16.2 Å². The minimum Gasteiger partial charge on any atom is -0.364 e. The van der Waals surface area contributed by atoms with E-state index in [0.29, 0.717) is 11.3 Å². The van der Waals surface area contributed by atoms with Crippen LogP contribution in [0.4, 0.5) is 0 Å². The summed E-state index contributed by atoms with van der Waals surface area (Å²) >= 11 is 1.51. The molecule has 0 spiro atoms. The first-order valence-electron chi connectivity index (χ1n) is 7.60. The summed E-state index contributed by atoms with van der Waals surface area (Å²) in [5.41, 5.74) is 1.17. The zero-order valence-electron chi connectivity index (χ0n) is 13.2. The number of nitrogens with zero attached hydrogens (tertiary/aromatic N) is 3. The summed E-state index contributed by atoms with van der Waals surface area (Å²) in [6.07, 6.45) is 0. The van der Waals surface area contributed by atoms with Crippen molar-refractivity contribution in [3.63, 3.8) is 0 Å². The molecule has 3 rings (SSSR count). The van der Waals surface area contributed by atoms with Crippen molar-refractivity contribution in [1.29, 1.82) is 0 Å². The predicted molar refractivity (Wildman–Crippen MR) is 87.3 cm³/mol. The van der Waals surface area contributed by atoms with Gasteiger partial charge in [-0.3, -0.25) is 14.5 Å². The number of carbonyl (C=O) groups is 2. The molecule has 0 aliphatic carbocycles. The van der Waals surface area contributed by atoms with Gasteiger partial charge in [-0.2, -0.15) is 0 Å². The summed E-state index contributed by atoms with van der Waals surface area (Å²) in [5.74, 6) is -0.302. The van der Waals surface area contributed by atoms with Gasteiger partial charge in [0.2, 0.25) is 0 Å². The van der Waals surface area contributed by atoms with Crippen molar-refractivity contribution in [2.45, 2.75) is 19.9 Å². The molecule has 2 amide bonds. The zero-order valence-corrected chi connectivity index (χ0v) is 14.0. The SMILES string of the molecule is CC(C)N1C(=O)C(c2cccs2)=C(N2CCN(C)CC2)C1=O. The molecule has 0 saturated carbocycles. The lowest BCUT2D eigenvalue weighted by Crippen LogP contribution is -2.46. The lowest BCUT2D eigenvalue weighted by molar-refractivity contribution is -0.139. The molecular weight excluding hydrogens is 298 g/mol. The molecule has 1 saturated heterocycles. The maximum absolute atomic E-state index is 12.8. The number of amides is 2. The average Bonchev–Trinajstić information content (AvgIpc) is 3.06. The molecule has 1 aromatic rings. The monoisotopic (exact) mass is 319 g/mol. The van der Waals surface area contributed by atoms with Crippen molar-refractivity contribution in [2.75, 3.05) is 33.2 Å². The topological polar surface area (TPSA) is 43.9 Å². The normalized spacial score (nSPS) is 20.7. The van der Waals surface area contributed by atoms with E-state index in [1.54, 1.807) is 0 Å².